The molecule has 1 aliphatic rings. The summed E-state index contributed by atoms with van der Waals surface area (Å²) in [5.41, 5.74) is 2.36. The van der Waals surface area contributed by atoms with Gasteiger partial charge >= 0.3 is 0 Å². The number of nitriles is 1. The maximum atomic E-state index is 12.3. The normalized spacial score (nSPS) is 15.1. The minimum atomic E-state index is -0.344. The van der Waals surface area contributed by atoms with Gasteiger partial charge in [0, 0.05) is 11.3 Å². The first-order chi connectivity index (χ1) is 11.2. The van der Waals surface area contributed by atoms with Crippen LogP contribution in [0.5, 0.6) is 0 Å². The molecule has 1 heterocycles. The molecule has 116 valence electrons. The van der Waals surface area contributed by atoms with Gasteiger partial charge < -0.3 is 4.98 Å². The summed E-state index contributed by atoms with van der Waals surface area (Å²) in [6.45, 7) is 0. The van der Waals surface area contributed by atoms with Crippen LogP contribution in [0, 0.1) is 16.2 Å². The number of H-pyrrole nitrogens is 1. The molecule has 0 atom stereocenters. The van der Waals surface area contributed by atoms with Gasteiger partial charge in [0.1, 0.15) is 17.3 Å². The molecule has 1 saturated carbocycles. The maximum absolute atomic E-state index is 12.3. The van der Waals surface area contributed by atoms with Gasteiger partial charge in [0.15, 0.2) is 0 Å². The molecule has 0 radical (unpaired) electrons. The lowest BCUT2D eigenvalue weighted by Gasteiger charge is -2.22. The fourth-order valence-electron chi connectivity index (χ4n) is 3.25. The van der Waals surface area contributed by atoms with Crippen LogP contribution in [0.3, 0.4) is 0 Å². The summed E-state index contributed by atoms with van der Waals surface area (Å²) >= 11 is 0. The predicted molar refractivity (Wildman–Crippen MR) is 88.5 cm³/mol. The van der Waals surface area contributed by atoms with Crippen LogP contribution in [-0.2, 0) is 0 Å². The van der Waals surface area contributed by atoms with Crippen molar-refractivity contribution in [2.75, 3.05) is 0 Å². The predicted octanol–water partition coefficient (Wildman–Crippen LogP) is 4.36. The standard InChI is InChI=1S/C18H17N3O2/c19-11-16-15(12-6-8-14(21-23)9-7-12)10-17(20-18(16)22)13-4-2-1-3-5-13/h6-10,13H,1-5H2,(H,20,22). The van der Waals surface area contributed by atoms with Crippen molar-refractivity contribution in [3.8, 4) is 17.2 Å². The third-order valence-electron chi connectivity index (χ3n) is 4.49. The molecule has 5 heteroatoms. The van der Waals surface area contributed by atoms with E-state index in [-0.39, 0.29) is 11.1 Å². The summed E-state index contributed by atoms with van der Waals surface area (Å²) in [7, 11) is 0. The number of nitrogens with one attached hydrogen (secondary N) is 1. The Morgan fingerprint density at radius 3 is 2.43 bits per heavy atom. The molecular formula is C18H17N3O2. The van der Waals surface area contributed by atoms with Crippen LogP contribution in [-0.4, -0.2) is 4.98 Å². The molecular weight excluding hydrogens is 290 g/mol. The van der Waals surface area contributed by atoms with E-state index < -0.39 is 0 Å². The van der Waals surface area contributed by atoms with Gasteiger partial charge in [0.2, 0.25) is 0 Å². The third-order valence-corrected chi connectivity index (χ3v) is 4.49. The zero-order valence-corrected chi connectivity index (χ0v) is 12.7. The van der Waals surface area contributed by atoms with Gasteiger partial charge in [0.05, 0.1) is 0 Å². The molecule has 1 aliphatic carbocycles. The molecule has 1 fully saturated rings. The summed E-state index contributed by atoms with van der Waals surface area (Å²) in [6.07, 6.45) is 5.71. The number of aromatic amines is 1. The van der Waals surface area contributed by atoms with Gasteiger partial charge in [-0.05, 0) is 47.7 Å². The van der Waals surface area contributed by atoms with Gasteiger partial charge in [-0.2, -0.15) is 5.26 Å². The molecule has 1 N–H and O–H groups in total. The monoisotopic (exact) mass is 307 g/mol. The van der Waals surface area contributed by atoms with Crippen molar-refractivity contribution in [1.82, 2.24) is 4.98 Å². The fraction of sp³-hybridized carbons (Fsp3) is 0.333. The Morgan fingerprint density at radius 2 is 1.83 bits per heavy atom. The van der Waals surface area contributed by atoms with Gasteiger partial charge in [-0.1, -0.05) is 31.4 Å². The first-order valence-corrected chi connectivity index (χ1v) is 7.84. The van der Waals surface area contributed by atoms with Gasteiger partial charge in [0.25, 0.3) is 5.56 Å². The molecule has 3 rings (SSSR count). The molecule has 0 bridgehead atoms. The summed E-state index contributed by atoms with van der Waals surface area (Å²) < 4.78 is 0. The van der Waals surface area contributed by atoms with Crippen LogP contribution in [0.1, 0.15) is 49.3 Å². The number of nitroso groups, excluding NO2 is 1. The second kappa shape index (κ2) is 6.57. The Bertz CT molecular complexity index is 810. The lowest BCUT2D eigenvalue weighted by molar-refractivity contribution is 0.436. The quantitative estimate of drug-likeness (QED) is 0.855. The van der Waals surface area contributed by atoms with E-state index in [1.54, 1.807) is 24.3 Å². The largest absolute Gasteiger partial charge is 0.325 e. The molecule has 1 aromatic carbocycles. The third kappa shape index (κ3) is 3.07. The Morgan fingerprint density at radius 1 is 1.13 bits per heavy atom. The van der Waals surface area contributed by atoms with E-state index in [1.165, 1.54) is 19.3 Å². The number of pyridine rings is 1. The minimum Gasteiger partial charge on any atom is -0.325 e. The lowest BCUT2D eigenvalue weighted by Crippen LogP contribution is -2.17. The molecule has 0 spiro atoms. The van der Waals surface area contributed by atoms with E-state index in [2.05, 4.69) is 10.2 Å². The Kier molecular flexibility index (Phi) is 4.33. The van der Waals surface area contributed by atoms with E-state index in [1.807, 2.05) is 12.1 Å². The highest BCUT2D eigenvalue weighted by molar-refractivity contribution is 5.71. The van der Waals surface area contributed by atoms with Crippen molar-refractivity contribution < 1.29 is 0 Å². The Balaban J connectivity index is 2.09. The average Bonchev–Trinajstić information content (AvgIpc) is 2.62. The van der Waals surface area contributed by atoms with E-state index in [9.17, 15) is 15.0 Å². The lowest BCUT2D eigenvalue weighted by atomic mass is 9.85. The summed E-state index contributed by atoms with van der Waals surface area (Å²) in [6, 6.07) is 10.5. The van der Waals surface area contributed by atoms with Gasteiger partial charge in [-0.25, -0.2) is 0 Å². The van der Waals surface area contributed by atoms with Crippen molar-refractivity contribution in [2.45, 2.75) is 38.0 Å². The van der Waals surface area contributed by atoms with E-state index in [0.717, 1.165) is 24.1 Å². The second-order valence-corrected chi connectivity index (χ2v) is 5.93. The number of hydrogen-bond donors (Lipinski definition) is 1. The second-order valence-electron chi connectivity index (χ2n) is 5.93. The SMILES string of the molecule is N#Cc1c(-c2ccc(N=O)cc2)cc(C2CCCCC2)[nH]c1=O. The highest BCUT2D eigenvalue weighted by Crippen LogP contribution is 2.33. The minimum absolute atomic E-state index is 0.108. The first kappa shape index (κ1) is 15.2. The van der Waals surface area contributed by atoms with Crippen LogP contribution in [0.4, 0.5) is 5.69 Å². The van der Waals surface area contributed by atoms with Crippen LogP contribution in [0.25, 0.3) is 11.1 Å². The number of hydrogen-bond acceptors (Lipinski definition) is 4. The molecule has 0 aliphatic heterocycles. The fourth-order valence-corrected chi connectivity index (χ4v) is 3.25. The molecule has 23 heavy (non-hydrogen) atoms. The highest BCUT2D eigenvalue weighted by atomic mass is 16.3. The van der Waals surface area contributed by atoms with Gasteiger partial charge in [-0.15, -0.1) is 4.91 Å². The number of rotatable bonds is 3. The first-order valence-electron chi connectivity index (χ1n) is 7.84. The van der Waals surface area contributed by atoms with Crippen molar-refractivity contribution >= 4 is 5.69 Å². The van der Waals surface area contributed by atoms with Crippen LogP contribution < -0.4 is 5.56 Å². The van der Waals surface area contributed by atoms with Gasteiger partial charge in [-0.3, -0.25) is 4.79 Å². The van der Waals surface area contributed by atoms with E-state index in [0.29, 0.717) is 17.2 Å². The van der Waals surface area contributed by atoms with E-state index >= 15 is 0 Å². The number of aromatic nitrogens is 1. The summed E-state index contributed by atoms with van der Waals surface area (Å²) in [4.78, 5) is 25.7. The Hall–Kier alpha value is -2.74. The molecule has 0 unspecified atom stereocenters. The summed E-state index contributed by atoms with van der Waals surface area (Å²) in [5, 5.41) is 12.2. The molecule has 2 aromatic rings. The van der Waals surface area contributed by atoms with Crippen molar-refractivity contribution in [3.63, 3.8) is 0 Å². The van der Waals surface area contributed by atoms with Crippen LogP contribution in [0.15, 0.2) is 40.3 Å². The molecule has 0 saturated heterocycles. The number of nitrogens with zero attached hydrogens (tertiary/aromatic N) is 2. The zero-order valence-electron chi connectivity index (χ0n) is 12.7. The molecule has 1 aromatic heterocycles. The van der Waals surface area contributed by atoms with Crippen molar-refractivity contribution in [1.29, 1.82) is 5.26 Å². The molecule has 5 nitrogen and oxygen atoms in total. The highest BCUT2D eigenvalue weighted by Gasteiger charge is 2.19. The van der Waals surface area contributed by atoms with Crippen molar-refractivity contribution in [3.05, 3.63) is 56.9 Å². The summed E-state index contributed by atoms with van der Waals surface area (Å²) in [5.74, 6) is 0.346. The van der Waals surface area contributed by atoms with Crippen LogP contribution >= 0.6 is 0 Å². The Labute approximate surface area is 134 Å². The zero-order chi connectivity index (χ0) is 16.2. The topological polar surface area (TPSA) is 86.1 Å². The number of benzene rings is 1. The molecule has 0 amide bonds. The average molecular weight is 307 g/mol. The van der Waals surface area contributed by atoms with Crippen molar-refractivity contribution in [2.24, 2.45) is 5.18 Å². The van der Waals surface area contributed by atoms with Crippen LogP contribution in [0.2, 0.25) is 0 Å². The maximum Gasteiger partial charge on any atom is 0.266 e. The smallest absolute Gasteiger partial charge is 0.266 e. The van der Waals surface area contributed by atoms with E-state index in [4.69, 9.17) is 0 Å².